The Labute approximate surface area is 194 Å². The number of aliphatic carboxylic acids is 1. The standard InChI is InChI=1S/C24H23N3O5S/c1-14(23(30)25-11-21-27-15(13-33-21)10-22(28)29)26-24(31)32-12-20-18-8-4-2-6-16(18)17-7-3-5-9-19(17)20/h2-9,13-14,20H,10-12H2,1H3,(H,25,30)(H,26,31)(H,28,29)/t14-/m1/s1. The summed E-state index contributed by atoms with van der Waals surface area (Å²) < 4.78 is 5.47. The first-order chi connectivity index (χ1) is 15.9. The van der Waals surface area contributed by atoms with Crippen LogP contribution in [0.25, 0.3) is 11.1 Å². The van der Waals surface area contributed by atoms with Crippen molar-refractivity contribution in [2.24, 2.45) is 0 Å². The molecule has 2 aromatic carbocycles. The van der Waals surface area contributed by atoms with E-state index in [2.05, 4.69) is 27.8 Å². The van der Waals surface area contributed by atoms with Crippen molar-refractivity contribution in [1.29, 1.82) is 0 Å². The second-order valence-corrected chi connectivity index (χ2v) is 8.66. The molecule has 2 amide bonds. The van der Waals surface area contributed by atoms with Gasteiger partial charge >= 0.3 is 12.1 Å². The lowest BCUT2D eigenvalue weighted by Gasteiger charge is -2.17. The van der Waals surface area contributed by atoms with Crippen LogP contribution in [0.2, 0.25) is 0 Å². The molecule has 0 bridgehead atoms. The van der Waals surface area contributed by atoms with E-state index in [0.29, 0.717) is 10.7 Å². The largest absolute Gasteiger partial charge is 0.481 e. The van der Waals surface area contributed by atoms with Crippen molar-refractivity contribution < 1.29 is 24.2 Å². The number of carboxylic acid groups (broad SMARTS) is 1. The second-order valence-electron chi connectivity index (χ2n) is 7.71. The summed E-state index contributed by atoms with van der Waals surface area (Å²) in [6.07, 6.45) is -0.831. The van der Waals surface area contributed by atoms with Gasteiger partial charge in [-0.2, -0.15) is 0 Å². The Morgan fingerprint density at radius 2 is 1.73 bits per heavy atom. The average Bonchev–Trinajstić information content (AvgIpc) is 3.37. The summed E-state index contributed by atoms with van der Waals surface area (Å²) in [6.45, 7) is 1.88. The van der Waals surface area contributed by atoms with Gasteiger partial charge < -0.3 is 20.5 Å². The Balaban J connectivity index is 1.28. The third-order valence-corrected chi connectivity index (χ3v) is 6.31. The summed E-state index contributed by atoms with van der Waals surface area (Å²) in [5.41, 5.74) is 4.96. The molecule has 1 heterocycles. The van der Waals surface area contributed by atoms with Crippen LogP contribution < -0.4 is 10.6 Å². The molecule has 1 aliphatic carbocycles. The first-order valence-electron chi connectivity index (χ1n) is 10.5. The van der Waals surface area contributed by atoms with Gasteiger partial charge in [0.2, 0.25) is 5.91 Å². The highest BCUT2D eigenvalue weighted by Crippen LogP contribution is 2.44. The minimum absolute atomic E-state index is 0.0582. The zero-order valence-electron chi connectivity index (χ0n) is 17.9. The smallest absolute Gasteiger partial charge is 0.407 e. The van der Waals surface area contributed by atoms with Gasteiger partial charge in [0.1, 0.15) is 17.7 Å². The van der Waals surface area contributed by atoms with Gasteiger partial charge in [-0.15, -0.1) is 11.3 Å². The third-order valence-electron chi connectivity index (χ3n) is 5.42. The van der Waals surface area contributed by atoms with Crippen LogP contribution in [-0.2, 0) is 27.3 Å². The van der Waals surface area contributed by atoms with Crippen LogP contribution in [0.5, 0.6) is 0 Å². The number of alkyl carbamates (subject to hydrolysis) is 1. The lowest BCUT2D eigenvalue weighted by Crippen LogP contribution is -2.45. The van der Waals surface area contributed by atoms with Crippen molar-refractivity contribution >= 4 is 29.3 Å². The van der Waals surface area contributed by atoms with Crippen molar-refractivity contribution in [3.05, 3.63) is 75.7 Å². The van der Waals surface area contributed by atoms with E-state index in [9.17, 15) is 14.4 Å². The van der Waals surface area contributed by atoms with Crippen LogP contribution in [0.15, 0.2) is 53.9 Å². The molecule has 33 heavy (non-hydrogen) atoms. The predicted octanol–water partition coefficient (Wildman–Crippen LogP) is 3.31. The van der Waals surface area contributed by atoms with Crippen molar-refractivity contribution in [1.82, 2.24) is 15.6 Å². The molecule has 0 saturated heterocycles. The van der Waals surface area contributed by atoms with E-state index in [1.807, 2.05) is 36.4 Å². The quantitative estimate of drug-likeness (QED) is 0.470. The van der Waals surface area contributed by atoms with Gasteiger partial charge in [0.15, 0.2) is 0 Å². The van der Waals surface area contributed by atoms with Crippen molar-refractivity contribution in [3.8, 4) is 11.1 Å². The summed E-state index contributed by atoms with van der Waals surface area (Å²) in [7, 11) is 0. The Morgan fingerprint density at radius 3 is 2.36 bits per heavy atom. The highest BCUT2D eigenvalue weighted by molar-refractivity contribution is 7.09. The van der Waals surface area contributed by atoms with Crippen LogP contribution in [0, 0.1) is 0 Å². The maximum Gasteiger partial charge on any atom is 0.407 e. The molecule has 0 fully saturated rings. The monoisotopic (exact) mass is 465 g/mol. The fraction of sp³-hybridized carbons (Fsp3) is 0.250. The number of ether oxygens (including phenoxy) is 1. The molecular weight excluding hydrogens is 442 g/mol. The number of fused-ring (bicyclic) bond motifs is 3. The minimum atomic E-state index is -0.961. The third kappa shape index (κ3) is 5.20. The number of hydrogen-bond donors (Lipinski definition) is 3. The van der Waals surface area contributed by atoms with Gasteiger partial charge in [-0.25, -0.2) is 9.78 Å². The lowest BCUT2D eigenvalue weighted by molar-refractivity contribution is -0.136. The van der Waals surface area contributed by atoms with Gasteiger partial charge in [0.05, 0.1) is 18.7 Å². The molecule has 3 aromatic rings. The zero-order chi connectivity index (χ0) is 23.4. The van der Waals surface area contributed by atoms with E-state index in [4.69, 9.17) is 9.84 Å². The van der Waals surface area contributed by atoms with Crippen LogP contribution in [0.3, 0.4) is 0 Å². The van der Waals surface area contributed by atoms with E-state index >= 15 is 0 Å². The number of carbonyl (C=O) groups excluding carboxylic acids is 2. The Hall–Kier alpha value is -3.72. The molecule has 8 nitrogen and oxygen atoms in total. The molecule has 1 aromatic heterocycles. The van der Waals surface area contributed by atoms with Crippen LogP contribution in [-0.4, -0.2) is 40.7 Å². The minimum Gasteiger partial charge on any atom is -0.481 e. The number of hydrogen-bond acceptors (Lipinski definition) is 6. The summed E-state index contributed by atoms with van der Waals surface area (Å²) in [5.74, 6) is -1.41. The van der Waals surface area contributed by atoms with Crippen LogP contribution >= 0.6 is 11.3 Å². The van der Waals surface area contributed by atoms with Crippen molar-refractivity contribution in [2.75, 3.05) is 6.61 Å². The lowest BCUT2D eigenvalue weighted by atomic mass is 9.98. The number of thiazole rings is 1. The maximum absolute atomic E-state index is 12.3. The van der Waals surface area contributed by atoms with E-state index in [1.165, 1.54) is 11.3 Å². The number of amides is 2. The van der Waals surface area contributed by atoms with Gasteiger partial charge in [0, 0.05) is 11.3 Å². The number of rotatable bonds is 8. The Kier molecular flexibility index (Phi) is 6.69. The topological polar surface area (TPSA) is 118 Å². The number of benzene rings is 2. The summed E-state index contributed by atoms with van der Waals surface area (Å²) >= 11 is 1.27. The number of carboxylic acids is 1. The predicted molar refractivity (Wildman–Crippen MR) is 123 cm³/mol. The maximum atomic E-state index is 12.3. The van der Waals surface area contributed by atoms with Crippen LogP contribution in [0.4, 0.5) is 4.79 Å². The fourth-order valence-electron chi connectivity index (χ4n) is 3.86. The number of aromatic nitrogens is 1. The van der Waals surface area contributed by atoms with E-state index < -0.39 is 24.0 Å². The first kappa shape index (κ1) is 22.5. The summed E-state index contributed by atoms with van der Waals surface area (Å²) in [4.78, 5) is 39.6. The molecule has 9 heteroatoms. The molecule has 0 unspecified atom stereocenters. The van der Waals surface area contributed by atoms with E-state index in [0.717, 1.165) is 22.3 Å². The van der Waals surface area contributed by atoms with Gasteiger partial charge in [-0.1, -0.05) is 48.5 Å². The molecule has 4 rings (SSSR count). The molecule has 1 atom stereocenters. The van der Waals surface area contributed by atoms with Gasteiger partial charge in [-0.05, 0) is 29.2 Å². The zero-order valence-corrected chi connectivity index (χ0v) is 18.7. The van der Waals surface area contributed by atoms with Gasteiger partial charge in [-0.3, -0.25) is 9.59 Å². The fourth-order valence-corrected chi connectivity index (χ4v) is 4.60. The number of nitrogens with zero attached hydrogens (tertiary/aromatic N) is 1. The van der Waals surface area contributed by atoms with Gasteiger partial charge in [0.25, 0.3) is 0 Å². The van der Waals surface area contributed by atoms with Crippen molar-refractivity contribution in [3.63, 3.8) is 0 Å². The molecule has 0 radical (unpaired) electrons. The second kappa shape index (κ2) is 9.83. The molecule has 0 aliphatic heterocycles. The molecule has 3 N–H and O–H groups in total. The Bertz CT molecular complexity index is 1150. The van der Waals surface area contributed by atoms with Crippen LogP contribution in [0.1, 0.15) is 34.7 Å². The SMILES string of the molecule is C[C@@H](NC(=O)OCC1c2ccccc2-c2ccccc21)C(=O)NCc1nc(CC(=O)O)cs1. The highest BCUT2D eigenvalue weighted by atomic mass is 32.1. The highest BCUT2D eigenvalue weighted by Gasteiger charge is 2.29. The summed E-state index contributed by atoms with van der Waals surface area (Å²) in [6, 6.07) is 15.3. The number of nitrogens with one attached hydrogen (secondary N) is 2. The molecule has 0 saturated carbocycles. The average molecular weight is 466 g/mol. The molecular formula is C24H23N3O5S. The first-order valence-corrected chi connectivity index (χ1v) is 11.3. The molecule has 0 spiro atoms. The summed E-state index contributed by atoms with van der Waals surface area (Å²) in [5, 5.41) is 16.3. The molecule has 1 aliphatic rings. The van der Waals surface area contributed by atoms with E-state index in [-0.39, 0.29) is 25.5 Å². The van der Waals surface area contributed by atoms with E-state index in [1.54, 1.807) is 12.3 Å². The van der Waals surface area contributed by atoms with Crippen molar-refractivity contribution in [2.45, 2.75) is 31.8 Å². The Morgan fingerprint density at radius 1 is 1.09 bits per heavy atom. The number of carbonyl (C=O) groups is 3. The molecule has 170 valence electrons. The normalized spacial score (nSPS) is 13.0.